The Morgan fingerprint density at radius 3 is 2.82 bits per heavy atom. The molecule has 1 amide bonds. The molecule has 0 radical (unpaired) electrons. The van der Waals surface area contributed by atoms with Gasteiger partial charge in [-0.2, -0.15) is 0 Å². The Hall–Kier alpha value is -1.37. The minimum absolute atomic E-state index is 0.00601. The van der Waals surface area contributed by atoms with E-state index in [9.17, 15) is 4.79 Å². The fourth-order valence-electron chi connectivity index (χ4n) is 1.99. The largest absolute Gasteiger partial charge is 0.325 e. The topological polar surface area (TPSA) is 42.0 Å². The molecule has 0 bridgehead atoms. The van der Waals surface area contributed by atoms with Crippen LogP contribution in [0.1, 0.15) is 5.01 Å². The third-order valence-corrected chi connectivity index (χ3v) is 5.44. The van der Waals surface area contributed by atoms with Crippen molar-refractivity contribution in [2.45, 2.75) is 11.8 Å². The van der Waals surface area contributed by atoms with Crippen LogP contribution in [0.15, 0.2) is 51.8 Å². The Morgan fingerprint density at radius 2 is 2.05 bits per heavy atom. The summed E-state index contributed by atoms with van der Waals surface area (Å²) < 4.78 is 2.13. The quantitative estimate of drug-likeness (QED) is 0.628. The van der Waals surface area contributed by atoms with Crippen molar-refractivity contribution in [1.29, 1.82) is 0 Å². The van der Waals surface area contributed by atoms with Crippen LogP contribution < -0.4 is 5.32 Å². The summed E-state index contributed by atoms with van der Waals surface area (Å²) in [7, 11) is 0. The zero-order valence-electron chi connectivity index (χ0n) is 11.8. The average molecular weight is 393 g/mol. The van der Waals surface area contributed by atoms with Crippen LogP contribution in [-0.2, 0) is 4.79 Å². The predicted octanol–water partition coefficient (Wildman–Crippen LogP) is 5.10. The van der Waals surface area contributed by atoms with Gasteiger partial charge in [-0.25, -0.2) is 4.98 Å². The van der Waals surface area contributed by atoms with Crippen LogP contribution >= 0.6 is 39.0 Å². The summed E-state index contributed by atoms with van der Waals surface area (Å²) in [6.45, 7) is 1.98. The molecule has 1 aromatic heterocycles. The number of hydrogen-bond acceptors (Lipinski definition) is 4. The molecule has 0 spiro atoms. The molecule has 0 atom stereocenters. The average Bonchev–Trinajstić information content (AvgIpc) is 2.86. The highest BCUT2D eigenvalue weighted by Gasteiger charge is 2.06. The molecule has 0 saturated heterocycles. The van der Waals surface area contributed by atoms with E-state index < -0.39 is 0 Å². The van der Waals surface area contributed by atoms with Gasteiger partial charge in [0, 0.05) is 15.1 Å². The fraction of sp³-hybridized carbons (Fsp3) is 0.125. The van der Waals surface area contributed by atoms with Gasteiger partial charge in [-0.3, -0.25) is 4.79 Å². The van der Waals surface area contributed by atoms with Crippen LogP contribution in [0, 0.1) is 6.92 Å². The lowest BCUT2D eigenvalue weighted by molar-refractivity contribution is -0.113. The van der Waals surface area contributed by atoms with Crippen molar-refractivity contribution in [2.75, 3.05) is 11.1 Å². The van der Waals surface area contributed by atoms with E-state index in [1.165, 1.54) is 11.8 Å². The molecule has 22 heavy (non-hydrogen) atoms. The summed E-state index contributed by atoms with van der Waals surface area (Å²) in [5.41, 5.74) is 1.79. The van der Waals surface area contributed by atoms with Crippen LogP contribution in [0.5, 0.6) is 0 Å². The lowest BCUT2D eigenvalue weighted by Gasteiger charge is -2.05. The highest BCUT2D eigenvalue weighted by Crippen LogP contribution is 2.25. The van der Waals surface area contributed by atoms with Gasteiger partial charge in [0.2, 0.25) is 5.91 Å². The number of carbonyl (C=O) groups excluding carboxylic acids is 1. The first kappa shape index (κ1) is 15.5. The van der Waals surface area contributed by atoms with Crippen molar-refractivity contribution < 1.29 is 4.79 Å². The maximum Gasteiger partial charge on any atom is 0.234 e. The molecule has 0 fully saturated rings. The summed E-state index contributed by atoms with van der Waals surface area (Å²) in [5.74, 6) is 0.384. The number of anilines is 1. The van der Waals surface area contributed by atoms with Gasteiger partial charge in [0.1, 0.15) is 0 Å². The summed E-state index contributed by atoms with van der Waals surface area (Å²) in [6, 6.07) is 13.7. The number of halogens is 1. The maximum absolute atomic E-state index is 12.0. The normalized spacial score (nSPS) is 10.8. The van der Waals surface area contributed by atoms with Crippen LogP contribution in [0.25, 0.3) is 10.2 Å². The van der Waals surface area contributed by atoms with E-state index in [1.807, 2.05) is 49.4 Å². The number of amides is 1. The molecule has 1 N–H and O–H groups in total. The molecular formula is C16H13BrN2OS2. The third kappa shape index (κ3) is 3.88. The molecule has 0 aliphatic rings. The van der Waals surface area contributed by atoms with Crippen LogP contribution in [-0.4, -0.2) is 16.6 Å². The van der Waals surface area contributed by atoms with Gasteiger partial charge in [-0.05, 0) is 49.4 Å². The SMILES string of the molecule is Cc1nc2ccc(NC(=O)CSc3ccc(Br)cc3)cc2s1. The molecule has 0 saturated carbocycles. The monoisotopic (exact) mass is 392 g/mol. The lowest BCUT2D eigenvalue weighted by Crippen LogP contribution is -2.13. The summed E-state index contributed by atoms with van der Waals surface area (Å²) >= 11 is 6.55. The number of hydrogen-bond donors (Lipinski definition) is 1. The number of benzene rings is 2. The maximum atomic E-state index is 12.0. The van der Waals surface area contributed by atoms with Gasteiger partial charge in [0.15, 0.2) is 0 Å². The van der Waals surface area contributed by atoms with E-state index in [1.54, 1.807) is 11.3 Å². The van der Waals surface area contributed by atoms with Gasteiger partial charge < -0.3 is 5.32 Å². The van der Waals surface area contributed by atoms with Crippen molar-refractivity contribution in [3.8, 4) is 0 Å². The Bertz CT molecular complexity index is 815. The van der Waals surface area contributed by atoms with Gasteiger partial charge in [-0.1, -0.05) is 15.9 Å². The minimum atomic E-state index is -0.00601. The molecule has 0 aliphatic heterocycles. The molecule has 0 aliphatic carbocycles. The first-order valence-electron chi connectivity index (χ1n) is 6.65. The number of carbonyl (C=O) groups is 1. The van der Waals surface area contributed by atoms with Gasteiger partial charge in [-0.15, -0.1) is 23.1 Å². The first-order chi connectivity index (χ1) is 10.6. The number of fused-ring (bicyclic) bond motifs is 1. The van der Waals surface area contributed by atoms with Crippen LogP contribution in [0.3, 0.4) is 0 Å². The Balaban J connectivity index is 1.61. The molecular weight excluding hydrogens is 380 g/mol. The standard InChI is InChI=1S/C16H13BrN2OS2/c1-10-18-14-7-4-12(8-15(14)22-10)19-16(20)9-21-13-5-2-11(17)3-6-13/h2-8H,9H2,1H3,(H,19,20). The summed E-state index contributed by atoms with van der Waals surface area (Å²) in [4.78, 5) is 17.5. The van der Waals surface area contributed by atoms with E-state index >= 15 is 0 Å². The molecule has 1 heterocycles. The summed E-state index contributed by atoms with van der Waals surface area (Å²) in [5, 5.41) is 3.97. The Morgan fingerprint density at radius 1 is 1.27 bits per heavy atom. The second kappa shape index (κ2) is 6.81. The van der Waals surface area contributed by atoms with E-state index in [4.69, 9.17) is 0 Å². The lowest BCUT2D eigenvalue weighted by atomic mass is 10.3. The van der Waals surface area contributed by atoms with Crippen molar-refractivity contribution in [3.63, 3.8) is 0 Å². The van der Waals surface area contributed by atoms with Crippen molar-refractivity contribution >= 4 is 60.8 Å². The second-order valence-electron chi connectivity index (χ2n) is 4.71. The van der Waals surface area contributed by atoms with Crippen molar-refractivity contribution in [3.05, 3.63) is 51.9 Å². The van der Waals surface area contributed by atoms with E-state index in [-0.39, 0.29) is 5.91 Å². The van der Waals surface area contributed by atoms with E-state index in [0.29, 0.717) is 5.75 Å². The molecule has 2 aromatic carbocycles. The number of rotatable bonds is 4. The van der Waals surface area contributed by atoms with Gasteiger partial charge in [0.05, 0.1) is 21.0 Å². The Labute approximate surface area is 145 Å². The Kier molecular flexibility index (Phi) is 4.81. The highest BCUT2D eigenvalue weighted by atomic mass is 79.9. The van der Waals surface area contributed by atoms with Crippen molar-refractivity contribution in [1.82, 2.24) is 4.98 Å². The molecule has 3 rings (SSSR count). The molecule has 6 heteroatoms. The number of aromatic nitrogens is 1. The van der Waals surface area contributed by atoms with Crippen LogP contribution in [0.4, 0.5) is 5.69 Å². The highest BCUT2D eigenvalue weighted by molar-refractivity contribution is 9.10. The van der Waals surface area contributed by atoms with Gasteiger partial charge in [0.25, 0.3) is 0 Å². The first-order valence-corrected chi connectivity index (χ1v) is 9.25. The molecule has 3 nitrogen and oxygen atoms in total. The summed E-state index contributed by atoms with van der Waals surface area (Å²) in [6.07, 6.45) is 0. The minimum Gasteiger partial charge on any atom is -0.325 e. The van der Waals surface area contributed by atoms with E-state index in [0.717, 1.165) is 30.3 Å². The van der Waals surface area contributed by atoms with E-state index in [2.05, 4.69) is 26.2 Å². The zero-order chi connectivity index (χ0) is 15.5. The second-order valence-corrected chi connectivity index (χ2v) is 7.91. The number of aryl methyl sites for hydroxylation is 1. The number of nitrogens with zero attached hydrogens (tertiary/aromatic N) is 1. The fourth-order valence-corrected chi connectivity index (χ4v) is 3.82. The van der Waals surface area contributed by atoms with Crippen LogP contribution in [0.2, 0.25) is 0 Å². The molecule has 0 unspecified atom stereocenters. The molecule has 112 valence electrons. The zero-order valence-corrected chi connectivity index (χ0v) is 15.0. The number of thiazole rings is 1. The van der Waals surface area contributed by atoms with Crippen molar-refractivity contribution in [2.24, 2.45) is 0 Å². The number of thioether (sulfide) groups is 1. The molecule has 3 aromatic rings. The third-order valence-electron chi connectivity index (χ3n) is 2.96. The predicted molar refractivity (Wildman–Crippen MR) is 97.9 cm³/mol. The smallest absolute Gasteiger partial charge is 0.234 e. The van der Waals surface area contributed by atoms with Gasteiger partial charge >= 0.3 is 0 Å². The number of nitrogens with one attached hydrogen (secondary N) is 1.